The van der Waals surface area contributed by atoms with Gasteiger partial charge in [-0.1, -0.05) is 18.2 Å². The van der Waals surface area contributed by atoms with Crippen molar-refractivity contribution >= 4 is 11.4 Å². The Morgan fingerprint density at radius 3 is 2.61 bits per heavy atom. The highest BCUT2D eigenvalue weighted by molar-refractivity contribution is 5.90. The number of nitrogens with two attached hydrogens (primary N) is 1. The highest BCUT2D eigenvalue weighted by Gasteiger charge is 2.30. The predicted octanol–water partition coefficient (Wildman–Crippen LogP) is 3.49. The van der Waals surface area contributed by atoms with Crippen molar-refractivity contribution in [2.24, 2.45) is 10.8 Å². The lowest BCUT2D eigenvalue weighted by Crippen LogP contribution is -2.19. The van der Waals surface area contributed by atoms with Crippen molar-refractivity contribution in [3.05, 3.63) is 59.9 Å². The Bertz CT molecular complexity index is 700. The molecule has 2 aromatic carbocycles. The Hall–Kier alpha value is -2.40. The van der Waals surface area contributed by atoms with Crippen LogP contribution in [0, 0.1) is 5.82 Å². The quantitative estimate of drug-likeness (QED) is 0.919. The molecular formula is C18H20FN3O. The maximum absolute atomic E-state index is 14.2. The molecule has 0 fully saturated rings. The van der Waals surface area contributed by atoms with Gasteiger partial charge in [-0.15, -0.1) is 0 Å². The maximum Gasteiger partial charge on any atom is 0.128 e. The number of anilines is 1. The van der Waals surface area contributed by atoms with Crippen molar-refractivity contribution < 1.29 is 9.13 Å². The van der Waals surface area contributed by atoms with E-state index in [4.69, 9.17) is 10.5 Å². The first-order chi connectivity index (χ1) is 11.2. The fourth-order valence-corrected chi connectivity index (χ4v) is 2.78. The zero-order valence-corrected chi connectivity index (χ0v) is 13.1. The number of halogens is 1. The molecule has 0 radical (unpaired) electrons. The molecular weight excluding hydrogens is 293 g/mol. The average molecular weight is 313 g/mol. The Balaban J connectivity index is 1.93. The summed E-state index contributed by atoms with van der Waals surface area (Å²) in [6, 6.07) is 14.3. The summed E-state index contributed by atoms with van der Waals surface area (Å²) in [6.07, 6.45) is 0.630. The molecule has 2 N–H and O–H groups in total. The van der Waals surface area contributed by atoms with Crippen LogP contribution in [0.25, 0.3) is 0 Å². The summed E-state index contributed by atoms with van der Waals surface area (Å²) >= 11 is 0. The third-order valence-electron chi connectivity index (χ3n) is 3.89. The van der Waals surface area contributed by atoms with E-state index in [1.807, 2.05) is 42.3 Å². The van der Waals surface area contributed by atoms with Gasteiger partial charge in [0.2, 0.25) is 0 Å². The summed E-state index contributed by atoms with van der Waals surface area (Å²) < 4.78 is 19.7. The second kappa shape index (κ2) is 6.79. The molecule has 0 saturated carbocycles. The monoisotopic (exact) mass is 313 g/mol. The first-order valence-corrected chi connectivity index (χ1v) is 7.76. The van der Waals surface area contributed by atoms with Crippen molar-refractivity contribution in [2.45, 2.75) is 19.4 Å². The van der Waals surface area contributed by atoms with Crippen LogP contribution in [0.1, 0.15) is 24.9 Å². The van der Waals surface area contributed by atoms with Gasteiger partial charge in [0, 0.05) is 18.5 Å². The summed E-state index contributed by atoms with van der Waals surface area (Å²) in [7, 11) is 0. The van der Waals surface area contributed by atoms with Crippen LogP contribution in [0.3, 0.4) is 0 Å². The van der Waals surface area contributed by atoms with Crippen molar-refractivity contribution in [2.75, 3.05) is 18.2 Å². The lowest BCUT2D eigenvalue weighted by Gasteiger charge is -2.24. The molecule has 0 saturated heterocycles. The van der Waals surface area contributed by atoms with E-state index in [1.54, 1.807) is 12.1 Å². The van der Waals surface area contributed by atoms with Crippen molar-refractivity contribution in [1.82, 2.24) is 0 Å². The van der Waals surface area contributed by atoms with Crippen LogP contribution < -0.4 is 15.5 Å². The van der Waals surface area contributed by atoms with Crippen LogP contribution >= 0.6 is 0 Å². The van der Waals surface area contributed by atoms with E-state index >= 15 is 0 Å². The number of benzene rings is 2. The molecule has 0 aromatic heterocycles. The minimum absolute atomic E-state index is 0.173. The van der Waals surface area contributed by atoms with E-state index in [-0.39, 0.29) is 11.9 Å². The van der Waals surface area contributed by atoms with Gasteiger partial charge in [-0.05, 0) is 37.3 Å². The van der Waals surface area contributed by atoms with Gasteiger partial charge >= 0.3 is 0 Å². The number of ether oxygens (including phenoxy) is 1. The van der Waals surface area contributed by atoms with E-state index < -0.39 is 0 Å². The van der Waals surface area contributed by atoms with Gasteiger partial charge in [-0.25, -0.2) is 4.39 Å². The molecule has 1 aliphatic heterocycles. The van der Waals surface area contributed by atoms with E-state index in [9.17, 15) is 4.39 Å². The smallest absolute Gasteiger partial charge is 0.128 e. The normalized spacial score (nSPS) is 17.3. The molecule has 1 aliphatic rings. The summed E-state index contributed by atoms with van der Waals surface area (Å²) in [5.74, 6) is 0.586. The van der Waals surface area contributed by atoms with Crippen LogP contribution in [0.15, 0.2) is 53.6 Å². The van der Waals surface area contributed by atoms with Gasteiger partial charge < -0.3 is 10.5 Å². The fourth-order valence-electron chi connectivity index (χ4n) is 2.78. The van der Waals surface area contributed by atoms with E-state index in [1.165, 1.54) is 6.07 Å². The Labute approximate surface area is 135 Å². The lowest BCUT2D eigenvalue weighted by atomic mass is 10.0. The molecule has 0 aliphatic carbocycles. The van der Waals surface area contributed by atoms with Crippen LogP contribution in [0.4, 0.5) is 10.1 Å². The zero-order chi connectivity index (χ0) is 16.2. The van der Waals surface area contributed by atoms with Gasteiger partial charge in [0.25, 0.3) is 0 Å². The van der Waals surface area contributed by atoms with Gasteiger partial charge in [0.05, 0.1) is 24.0 Å². The molecule has 0 bridgehead atoms. The summed E-state index contributed by atoms with van der Waals surface area (Å²) in [6.45, 7) is 2.94. The molecule has 2 aromatic rings. The van der Waals surface area contributed by atoms with Crippen LogP contribution in [-0.2, 0) is 0 Å². The average Bonchev–Trinajstić information content (AvgIpc) is 3.00. The molecule has 1 atom stereocenters. The molecule has 1 heterocycles. The molecule has 3 rings (SSSR count). The predicted molar refractivity (Wildman–Crippen MR) is 90.3 cm³/mol. The second-order valence-electron chi connectivity index (χ2n) is 5.38. The number of nitrogens with zero attached hydrogens (tertiary/aromatic N) is 2. The lowest BCUT2D eigenvalue weighted by molar-refractivity contribution is 0.340. The van der Waals surface area contributed by atoms with E-state index in [0.29, 0.717) is 25.1 Å². The van der Waals surface area contributed by atoms with Crippen LogP contribution in [0.5, 0.6) is 5.75 Å². The van der Waals surface area contributed by atoms with Gasteiger partial charge in [-0.3, -0.25) is 5.01 Å². The first-order valence-electron chi connectivity index (χ1n) is 7.76. The molecule has 0 spiro atoms. The highest BCUT2D eigenvalue weighted by atomic mass is 19.1. The molecule has 23 heavy (non-hydrogen) atoms. The number of hydrogen-bond acceptors (Lipinski definition) is 4. The largest absolute Gasteiger partial charge is 0.494 e. The topological polar surface area (TPSA) is 50.8 Å². The van der Waals surface area contributed by atoms with Gasteiger partial charge in [0.15, 0.2) is 0 Å². The minimum Gasteiger partial charge on any atom is -0.494 e. The molecule has 1 unspecified atom stereocenters. The highest BCUT2D eigenvalue weighted by Crippen LogP contribution is 2.36. The third-order valence-corrected chi connectivity index (χ3v) is 3.89. The van der Waals surface area contributed by atoms with Crippen molar-refractivity contribution in [3.8, 4) is 5.75 Å². The Kier molecular flexibility index (Phi) is 4.57. The maximum atomic E-state index is 14.2. The second-order valence-corrected chi connectivity index (χ2v) is 5.38. The van der Waals surface area contributed by atoms with Crippen molar-refractivity contribution in [1.29, 1.82) is 0 Å². The summed E-state index contributed by atoms with van der Waals surface area (Å²) in [5, 5.41) is 6.41. The van der Waals surface area contributed by atoms with Gasteiger partial charge in [-0.2, -0.15) is 5.10 Å². The number of hydrogen-bond donors (Lipinski definition) is 1. The standard InChI is InChI=1S/C18H20FN3O/c1-2-23-15-9-7-14(8-10-15)22-18(11-13(12-20)21-22)16-5-3-4-6-17(16)19/h3-10,18H,2,11-12,20H2,1H3. The van der Waals surface area contributed by atoms with E-state index in [2.05, 4.69) is 5.10 Å². The Morgan fingerprint density at radius 2 is 1.96 bits per heavy atom. The van der Waals surface area contributed by atoms with E-state index in [0.717, 1.165) is 17.1 Å². The number of hydrazone groups is 1. The molecule has 0 amide bonds. The summed E-state index contributed by atoms with van der Waals surface area (Å²) in [4.78, 5) is 0. The Morgan fingerprint density at radius 1 is 1.22 bits per heavy atom. The SMILES string of the molecule is CCOc1ccc(N2N=C(CN)CC2c2ccccc2F)cc1. The summed E-state index contributed by atoms with van der Waals surface area (Å²) in [5.41, 5.74) is 8.14. The minimum atomic E-state index is -0.220. The van der Waals surface area contributed by atoms with Crippen LogP contribution in [-0.4, -0.2) is 18.9 Å². The van der Waals surface area contributed by atoms with Crippen LogP contribution in [0.2, 0.25) is 0 Å². The van der Waals surface area contributed by atoms with Crippen molar-refractivity contribution in [3.63, 3.8) is 0 Å². The molecule has 120 valence electrons. The third kappa shape index (κ3) is 3.19. The fraction of sp³-hybridized carbons (Fsp3) is 0.278. The van der Waals surface area contributed by atoms with Gasteiger partial charge in [0.1, 0.15) is 11.6 Å². The zero-order valence-electron chi connectivity index (χ0n) is 13.1. The molecule has 4 nitrogen and oxygen atoms in total. The first kappa shape index (κ1) is 15.5. The molecule has 5 heteroatoms. The number of rotatable bonds is 5.